The maximum Gasteiger partial charge on any atom is 0.0406 e. The molecule has 0 fully saturated rings. The van der Waals surface area contributed by atoms with Gasteiger partial charge in [0.2, 0.25) is 0 Å². The van der Waals surface area contributed by atoms with Gasteiger partial charge in [-0.15, -0.1) is 0 Å². The van der Waals surface area contributed by atoms with Crippen LogP contribution in [0.15, 0.2) is 60.8 Å². The summed E-state index contributed by atoms with van der Waals surface area (Å²) >= 11 is 0. The molecule has 0 saturated heterocycles. The summed E-state index contributed by atoms with van der Waals surface area (Å²) in [6.45, 7) is 4.51. The van der Waals surface area contributed by atoms with E-state index < -0.39 is 0 Å². The summed E-state index contributed by atoms with van der Waals surface area (Å²) in [7, 11) is 0. The lowest BCUT2D eigenvalue weighted by atomic mass is 9.94. The van der Waals surface area contributed by atoms with Crippen molar-refractivity contribution < 1.29 is 0 Å². The van der Waals surface area contributed by atoms with Gasteiger partial charge in [-0.3, -0.25) is 4.98 Å². The molecule has 0 radical (unpaired) electrons. The van der Waals surface area contributed by atoms with Crippen molar-refractivity contribution >= 4 is 10.8 Å². The predicted octanol–water partition coefficient (Wildman–Crippen LogP) is 5.22. The highest BCUT2D eigenvalue weighted by Gasteiger charge is 2.07. The van der Waals surface area contributed by atoms with Gasteiger partial charge in [-0.1, -0.05) is 56.3 Å². The number of aryl methyl sites for hydroxylation is 1. The zero-order chi connectivity index (χ0) is 15.4. The van der Waals surface area contributed by atoms with Crippen LogP contribution < -0.4 is 0 Å². The van der Waals surface area contributed by atoms with Crippen LogP contribution >= 0.6 is 0 Å². The molecule has 3 rings (SSSR count). The summed E-state index contributed by atoms with van der Waals surface area (Å²) in [5, 5.41) is 2.69. The van der Waals surface area contributed by atoms with Crippen LogP contribution in [-0.2, 0) is 19.3 Å². The third-order valence-electron chi connectivity index (χ3n) is 4.25. The van der Waals surface area contributed by atoms with Crippen LogP contribution in [-0.4, -0.2) is 4.98 Å². The Balaban J connectivity index is 1.73. The second-order valence-corrected chi connectivity index (χ2v) is 6.20. The van der Waals surface area contributed by atoms with E-state index in [4.69, 9.17) is 0 Å². The second kappa shape index (κ2) is 6.74. The van der Waals surface area contributed by atoms with Gasteiger partial charge in [0.15, 0.2) is 0 Å². The highest BCUT2D eigenvalue weighted by molar-refractivity contribution is 5.83. The summed E-state index contributed by atoms with van der Waals surface area (Å²) in [5.41, 5.74) is 4.01. The number of nitrogens with zero attached hydrogens (tertiary/aromatic N) is 1. The first-order valence-corrected chi connectivity index (χ1v) is 8.16. The first-order valence-electron chi connectivity index (χ1n) is 8.16. The molecular formula is C21H23N. The molecule has 22 heavy (non-hydrogen) atoms. The Hall–Kier alpha value is -2.15. The number of benzene rings is 2. The zero-order valence-corrected chi connectivity index (χ0v) is 13.4. The molecule has 3 aromatic rings. The van der Waals surface area contributed by atoms with E-state index in [1.54, 1.807) is 0 Å². The fourth-order valence-corrected chi connectivity index (χ4v) is 3.04. The van der Waals surface area contributed by atoms with Crippen LogP contribution in [0.3, 0.4) is 0 Å². The lowest BCUT2D eigenvalue weighted by Gasteiger charge is -2.12. The Morgan fingerprint density at radius 2 is 1.59 bits per heavy atom. The number of hydrogen-bond acceptors (Lipinski definition) is 1. The summed E-state index contributed by atoms with van der Waals surface area (Å²) < 4.78 is 0. The molecule has 1 nitrogen and oxygen atoms in total. The smallest absolute Gasteiger partial charge is 0.0406 e. The lowest BCUT2D eigenvalue weighted by molar-refractivity contribution is 0.569. The average Bonchev–Trinajstić information content (AvgIpc) is 2.55. The molecule has 0 aliphatic heterocycles. The van der Waals surface area contributed by atoms with Gasteiger partial charge in [0.1, 0.15) is 0 Å². The largest absolute Gasteiger partial charge is 0.261 e. The number of fused-ring (bicyclic) bond motifs is 1. The van der Waals surface area contributed by atoms with E-state index in [-0.39, 0.29) is 0 Å². The van der Waals surface area contributed by atoms with Crippen LogP contribution in [0.25, 0.3) is 10.8 Å². The third kappa shape index (κ3) is 3.54. The quantitative estimate of drug-likeness (QED) is 0.627. The van der Waals surface area contributed by atoms with Crippen LogP contribution in [0, 0.1) is 5.92 Å². The zero-order valence-electron chi connectivity index (χ0n) is 13.4. The van der Waals surface area contributed by atoms with Crippen LogP contribution in [0.4, 0.5) is 0 Å². The van der Waals surface area contributed by atoms with E-state index in [0.29, 0.717) is 5.92 Å². The van der Waals surface area contributed by atoms with Crippen molar-refractivity contribution in [3.63, 3.8) is 0 Å². The van der Waals surface area contributed by atoms with Crippen molar-refractivity contribution in [3.8, 4) is 0 Å². The lowest BCUT2D eigenvalue weighted by Crippen LogP contribution is -2.05. The normalized spacial score (nSPS) is 12.5. The average molecular weight is 289 g/mol. The van der Waals surface area contributed by atoms with Crippen molar-refractivity contribution in [1.82, 2.24) is 4.98 Å². The maximum atomic E-state index is 4.43. The summed E-state index contributed by atoms with van der Waals surface area (Å²) in [6.07, 6.45) is 5.11. The molecule has 1 heteroatoms. The standard InChI is InChI=1S/C21H23N/c1-3-17-7-9-20-15-18(8-10-19(20)14-17)12-16(2)13-21-6-4-5-11-22-21/h4-11,14-16H,3,12-13H2,1-2H3. The van der Waals surface area contributed by atoms with E-state index in [1.807, 2.05) is 12.3 Å². The summed E-state index contributed by atoms with van der Waals surface area (Å²) in [4.78, 5) is 4.43. The molecule has 0 aliphatic carbocycles. The molecule has 0 spiro atoms. The molecule has 1 heterocycles. The van der Waals surface area contributed by atoms with E-state index in [0.717, 1.165) is 19.3 Å². The van der Waals surface area contributed by atoms with Crippen molar-refractivity contribution in [2.45, 2.75) is 33.1 Å². The van der Waals surface area contributed by atoms with E-state index in [9.17, 15) is 0 Å². The Kier molecular flexibility index (Phi) is 4.53. The van der Waals surface area contributed by atoms with Crippen LogP contribution in [0.5, 0.6) is 0 Å². The van der Waals surface area contributed by atoms with E-state index in [1.165, 1.54) is 27.6 Å². The minimum Gasteiger partial charge on any atom is -0.261 e. The highest BCUT2D eigenvalue weighted by Crippen LogP contribution is 2.21. The highest BCUT2D eigenvalue weighted by atomic mass is 14.7. The molecular weight excluding hydrogens is 266 g/mol. The fourth-order valence-electron chi connectivity index (χ4n) is 3.04. The second-order valence-electron chi connectivity index (χ2n) is 6.20. The Morgan fingerprint density at radius 3 is 2.27 bits per heavy atom. The molecule has 1 atom stereocenters. The minimum atomic E-state index is 0.599. The van der Waals surface area contributed by atoms with Crippen LogP contribution in [0.1, 0.15) is 30.7 Å². The van der Waals surface area contributed by atoms with Crippen LogP contribution in [0.2, 0.25) is 0 Å². The van der Waals surface area contributed by atoms with E-state index >= 15 is 0 Å². The van der Waals surface area contributed by atoms with Gasteiger partial charge >= 0.3 is 0 Å². The number of rotatable bonds is 5. The van der Waals surface area contributed by atoms with Gasteiger partial charge in [0, 0.05) is 11.9 Å². The molecule has 1 unspecified atom stereocenters. The molecule has 0 saturated carbocycles. The summed E-state index contributed by atoms with van der Waals surface area (Å²) in [5.74, 6) is 0.599. The van der Waals surface area contributed by atoms with Gasteiger partial charge in [0.05, 0.1) is 0 Å². The first-order chi connectivity index (χ1) is 10.7. The topological polar surface area (TPSA) is 12.9 Å². The Labute approximate surface area is 133 Å². The molecule has 0 aliphatic rings. The minimum absolute atomic E-state index is 0.599. The number of aromatic nitrogens is 1. The van der Waals surface area contributed by atoms with Gasteiger partial charge in [-0.05, 0) is 59.2 Å². The molecule has 1 aromatic heterocycles. The Morgan fingerprint density at radius 1 is 0.864 bits per heavy atom. The Bertz CT molecular complexity index is 746. The third-order valence-corrected chi connectivity index (χ3v) is 4.25. The molecule has 2 aromatic carbocycles. The molecule has 0 amide bonds. The number of hydrogen-bond donors (Lipinski definition) is 0. The molecule has 0 N–H and O–H groups in total. The fraction of sp³-hybridized carbons (Fsp3) is 0.286. The molecule has 0 bridgehead atoms. The van der Waals surface area contributed by atoms with Gasteiger partial charge in [0.25, 0.3) is 0 Å². The van der Waals surface area contributed by atoms with Crippen molar-refractivity contribution in [2.75, 3.05) is 0 Å². The van der Waals surface area contributed by atoms with E-state index in [2.05, 4.69) is 67.4 Å². The predicted molar refractivity (Wildman–Crippen MR) is 94.1 cm³/mol. The van der Waals surface area contributed by atoms with Crippen molar-refractivity contribution in [3.05, 3.63) is 77.6 Å². The van der Waals surface area contributed by atoms with Gasteiger partial charge in [-0.25, -0.2) is 0 Å². The van der Waals surface area contributed by atoms with Gasteiger partial charge in [-0.2, -0.15) is 0 Å². The first kappa shape index (κ1) is 14.8. The number of pyridine rings is 1. The van der Waals surface area contributed by atoms with Gasteiger partial charge < -0.3 is 0 Å². The molecule has 112 valence electrons. The van der Waals surface area contributed by atoms with Crippen molar-refractivity contribution in [1.29, 1.82) is 0 Å². The SMILES string of the molecule is CCc1ccc2cc(CC(C)Cc3ccccn3)ccc2c1. The summed E-state index contributed by atoms with van der Waals surface area (Å²) in [6, 6.07) is 19.8. The maximum absolute atomic E-state index is 4.43. The van der Waals surface area contributed by atoms with Crippen molar-refractivity contribution in [2.24, 2.45) is 5.92 Å². The monoisotopic (exact) mass is 289 g/mol.